The first-order chi connectivity index (χ1) is 5.36. The third-order valence-electron chi connectivity index (χ3n) is 1.10. The van der Waals surface area contributed by atoms with Crippen molar-refractivity contribution in [3.63, 3.8) is 0 Å². The first-order valence-electron chi connectivity index (χ1n) is 3.31. The van der Waals surface area contributed by atoms with Gasteiger partial charge in [0.05, 0.1) is 12.3 Å². The fraction of sp³-hybridized carbons (Fsp3) is 0.667. The molecule has 1 aromatic heterocycles. The highest BCUT2D eigenvalue weighted by Crippen LogP contribution is 2.06. The Hall–Kier alpha value is -0.550. The Labute approximate surface area is 69.8 Å². The molecule has 0 aromatic carbocycles. The number of hydrogen-bond acceptors (Lipinski definition) is 5. The SMILES string of the molecule is CNCc1nnc(CSC)o1. The number of hydrogen-bond donors (Lipinski definition) is 1. The van der Waals surface area contributed by atoms with Crippen LogP contribution in [0.5, 0.6) is 0 Å². The van der Waals surface area contributed by atoms with Crippen LogP contribution in [0.3, 0.4) is 0 Å². The maximum Gasteiger partial charge on any atom is 0.230 e. The van der Waals surface area contributed by atoms with Crippen LogP contribution in [0.1, 0.15) is 11.8 Å². The highest BCUT2D eigenvalue weighted by Gasteiger charge is 2.02. The summed E-state index contributed by atoms with van der Waals surface area (Å²) in [4.78, 5) is 0. The number of nitrogens with zero attached hydrogens (tertiary/aromatic N) is 2. The summed E-state index contributed by atoms with van der Waals surface area (Å²) in [6.45, 7) is 0.640. The maximum absolute atomic E-state index is 5.26. The lowest BCUT2D eigenvalue weighted by molar-refractivity contribution is 0.453. The van der Waals surface area contributed by atoms with Crippen molar-refractivity contribution < 1.29 is 4.42 Å². The number of rotatable bonds is 4. The van der Waals surface area contributed by atoms with Gasteiger partial charge in [0.1, 0.15) is 0 Å². The van der Waals surface area contributed by atoms with Crippen molar-refractivity contribution in [3.05, 3.63) is 11.8 Å². The van der Waals surface area contributed by atoms with Gasteiger partial charge >= 0.3 is 0 Å². The zero-order valence-electron chi connectivity index (χ0n) is 6.63. The fourth-order valence-corrected chi connectivity index (χ4v) is 1.06. The summed E-state index contributed by atoms with van der Waals surface area (Å²) in [6.07, 6.45) is 2.00. The van der Waals surface area contributed by atoms with E-state index in [-0.39, 0.29) is 0 Å². The Morgan fingerprint density at radius 3 is 2.82 bits per heavy atom. The topological polar surface area (TPSA) is 51.0 Å². The molecule has 0 aliphatic rings. The molecule has 4 nitrogen and oxygen atoms in total. The van der Waals surface area contributed by atoms with Crippen LogP contribution < -0.4 is 5.32 Å². The van der Waals surface area contributed by atoms with Crippen molar-refractivity contribution in [2.24, 2.45) is 0 Å². The number of nitrogens with one attached hydrogen (secondary N) is 1. The Kier molecular flexibility index (Phi) is 3.38. The van der Waals surface area contributed by atoms with E-state index in [1.807, 2.05) is 13.3 Å². The summed E-state index contributed by atoms with van der Waals surface area (Å²) >= 11 is 1.67. The second-order valence-electron chi connectivity index (χ2n) is 2.05. The highest BCUT2D eigenvalue weighted by atomic mass is 32.2. The van der Waals surface area contributed by atoms with E-state index >= 15 is 0 Å². The second-order valence-corrected chi connectivity index (χ2v) is 2.92. The lowest BCUT2D eigenvalue weighted by atomic mass is 10.6. The van der Waals surface area contributed by atoms with Gasteiger partial charge in [0, 0.05) is 0 Å². The minimum absolute atomic E-state index is 0.640. The average Bonchev–Trinajstić information content (AvgIpc) is 2.38. The van der Waals surface area contributed by atoms with E-state index in [4.69, 9.17) is 4.42 Å². The van der Waals surface area contributed by atoms with Gasteiger partial charge in [-0.1, -0.05) is 0 Å². The molecule has 1 heterocycles. The molecule has 0 amide bonds. The molecule has 0 spiro atoms. The van der Waals surface area contributed by atoms with Crippen molar-refractivity contribution in [1.29, 1.82) is 0 Å². The molecular formula is C6H11N3OS. The van der Waals surface area contributed by atoms with Crippen LogP contribution in [-0.2, 0) is 12.3 Å². The van der Waals surface area contributed by atoms with Gasteiger partial charge in [-0.05, 0) is 13.3 Å². The second kappa shape index (κ2) is 4.35. The molecule has 0 radical (unpaired) electrons. The predicted octanol–water partition coefficient (Wildman–Crippen LogP) is 0.652. The Morgan fingerprint density at radius 2 is 2.18 bits per heavy atom. The molecule has 0 bridgehead atoms. The third kappa shape index (κ3) is 2.51. The molecule has 0 unspecified atom stereocenters. The van der Waals surface area contributed by atoms with Gasteiger partial charge in [-0.3, -0.25) is 0 Å². The molecule has 1 rings (SSSR count). The van der Waals surface area contributed by atoms with E-state index in [2.05, 4.69) is 15.5 Å². The molecular weight excluding hydrogens is 162 g/mol. The van der Waals surface area contributed by atoms with Crippen LogP contribution in [0.15, 0.2) is 4.42 Å². The summed E-state index contributed by atoms with van der Waals surface area (Å²) in [5, 5.41) is 10.6. The van der Waals surface area contributed by atoms with E-state index in [0.29, 0.717) is 18.3 Å². The van der Waals surface area contributed by atoms with Crippen LogP contribution in [-0.4, -0.2) is 23.5 Å². The van der Waals surface area contributed by atoms with Crippen LogP contribution in [0.2, 0.25) is 0 Å². The Morgan fingerprint density at radius 1 is 1.45 bits per heavy atom. The maximum atomic E-state index is 5.26. The largest absolute Gasteiger partial charge is 0.423 e. The van der Waals surface area contributed by atoms with Crippen molar-refractivity contribution >= 4 is 11.8 Å². The van der Waals surface area contributed by atoms with E-state index in [0.717, 1.165) is 5.75 Å². The van der Waals surface area contributed by atoms with Gasteiger partial charge in [-0.2, -0.15) is 11.8 Å². The van der Waals surface area contributed by atoms with Gasteiger partial charge in [0.2, 0.25) is 11.8 Å². The Balaban J connectivity index is 2.51. The molecule has 0 aliphatic carbocycles. The summed E-state index contributed by atoms with van der Waals surface area (Å²) in [5.41, 5.74) is 0. The van der Waals surface area contributed by atoms with Crippen molar-refractivity contribution in [2.45, 2.75) is 12.3 Å². The zero-order valence-corrected chi connectivity index (χ0v) is 7.44. The monoisotopic (exact) mass is 173 g/mol. The van der Waals surface area contributed by atoms with Gasteiger partial charge in [-0.15, -0.1) is 10.2 Å². The van der Waals surface area contributed by atoms with Gasteiger partial charge in [0.25, 0.3) is 0 Å². The lowest BCUT2D eigenvalue weighted by Crippen LogP contribution is -2.04. The number of aromatic nitrogens is 2. The van der Waals surface area contributed by atoms with Crippen LogP contribution in [0, 0.1) is 0 Å². The minimum Gasteiger partial charge on any atom is -0.423 e. The van der Waals surface area contributed by atoms with E-state index < -0.39 is 0 Å². The van der Waals surface area contributed by atoms with Crippen molar-refractivity contribution in [3.8, 4) is 0 Å². The highest BCUT2D eigenvalue weighted by molar-refractivity contribution is 7.97. The van der Waals surface area contributed by atoms with Crippen molar-refractivity contribution in [2.75, 3.05) is 13.3 Å². The molecule has 0 atom stereocenters. The predicted molar refractivity (Wildman–Crippen MR) is 44.3 cm³/mol. The molecule has 1 aromatic rings. The van der Waals surface area contributed by atoms with Crippen LogP contribution in [0.25, 0.3) is 0 Å². The fourth-order valence-electron chi connectivity index (χ4n) is 0.693. The molecule has 0 saturated carbocycles. The van der Waals surface area contributed by atoms with Crippen molar-refractivity contribution in [1.82, 2.24) is 15.5 Å². The van der Waals surface area contributed by atoms with E-state index in [9.17, 15) is 0 Å². The van der Waals surface area contributed by atoms with Gasteiger partial charge in [0.15, 0.2) is 0 Å². The molecule has 5 heteroatoms. The summed E-state index contributed by atoms with van der Waals surface area (Å²) in [7, 11) is 1.85. The molecule has 11 heavy (non-hydrogen) atoms. The lowest BCUT2D eigenvalue weighted by Gasteiger charge is -1.89. The van der Waals surface area contributed by atoms with E-state index in [1.165, 1.54) is 0 Å². The standard InChI is InChI=1S/C6H11N3OS/c1-7-3-5-8-9-6(10-5)4-11-2/h7H,3-4H2,1-2H3. The quantitative estimate of drug-likeness (QED) is 0.724. The Bertz CT molecular complexity index is 193. The van der Waals surface area contributed by atoms with Gasteiger partial charge in [-0.25, -0.2) is 0 Å². The molecule has 62 valence electrons. The first-order valence-corrected chi connectivity index (χ1v) is 4.71. The van der Waals surface area contributed by atoms with E-state index in [1.54, 1.807) is 11.8 Å². The molecule has 0 aliphatic heterocycles. The average molecular weight is 173 g/mol. The van der Waals surface area contributed by atoms with Gasteiger partial charge < -0.3 is 9.73 Å². The zero-order chi connectivity index (χ0) is 8.10. The number of thioether (sulfide) groups is 1. The van der Waals surface area contributed by atoms with Crippen LogP contribution >= 0.6 is 11.8 Å². The summed E-state index contributed by atoms with van der Waals surface area (Å²) < 4.78 is 5.26. The minimum atomic E-state index is 0.640. The van der Waals surface area contributed by atoms with Crippen LogP contribution in [0.4, 0.5) is 0 Å². The smallest absolute Gasteiger partial charge is 0.230 e. The summed E-state index contributed by atoms with van der Waals surface area (Å²) in [6, 6.07) is 0. The molecule has 0 saturated heterocycles. The molecule has 1 N–H and O–H groups in total. The summed E-state index contributed by atoms with van der Waals surface area (Å²) in [5.74, 6) is 2.13. The third-order valence-corrected chi connectivity index (χ3v) is 1.64. The first kappa shape index (κ1) is 8.55. The normalized spacial score (nSPS) is 10.4. The molecule has 0 fully saturated rings.